The van der Waals surface area contributed by atoms with E-state index >= 15 is 0 Å². The molecule has 0 radical (unpaired) electrons. The molecule has 0 N–H and O–H groups in total. The first-order chi connectivity index (χ1) is 12.5. The van der Waals surface area contributed by atoms with Gasteiger partial charge in [-0.1, -0.05) is 34.1 Å². The highest BCUT2D eigenvalue weighted by Gasteiger charge is 2.11. The lowest BCUT2D eigenvalue weighted by Gasteiger charge is -2.18. The SMILES string of the molecule is COc1cc(C#N)ccc1OCCCC(=O)N(C)Cc1ccccc1Br. The lowest BCUT2D eigenvalue weighted by atomic mass is 10.2. The zero-order valence-electron chi connectivity index (χ0n) is 14.9. The van der Waals surface area contributed by atoms with Crippen molar-refractivity contribution < 1.29 is 14.3 Å². The fraction of sp³-hybridized carbons (Fsp3) is 0.300. The minimum atomic E-state index is 0.0659. The lowest BCUT2D eigenvalue weighted by molar-refractivity contribution is -0.130. The fourth-order valence-corrected chi connectivity index (χ4v) is 2.83. The molecule has 0 spiro atoms. The molecule has 0 heterocycles. The van der Waals surface area contributed by atoms with E-state index in [2.05, 4.69) is 22.0 Å². The summed E-state index contributed by atoms with van der Waals surface area (Å²) in [5.41, 5.74) is 1.58. The molecule has 0 aromatic heterocycles. The summed E-state index contributed by atoms with van der Waals surface area (Å²) < 4.78 is 11.9. The van der Waals surface area contributed by atoms with Gasteiger partial charge in [-0.3, -0.25) is 4.79 Å². The molecular formula is C20H21BrN2O3. The number of carbonyl (C=O) groups excluding carboxylic acids is 1. The number of nitriles is 1. The number of rotatable bonds is 8. The molecule has 0 unspecified atom stereocenters. The van der Waals surface area contributed by atoms with Gasteiger partial charge in [-0.2, -0.15) is 5.26 Å². The summed E-state index contributed by atoms with van der Waals surface area (Å²) >= 11 is 3.50. The third-order valence-electron chi connectivity index (χ3n) is 3.88. The Bertz CT molecular complexity index is 802. The van der Waals surface area contributed by atoms with Crippen molar-refractivity contribution in [1.29, 1.82) is 5.26 Å². The van der Waals surface area contributed by atoms with Crippen molar-refractivity contribution in [2.45, 2.75) is 19.4 Å². The Kier molecular flexibility index (Phi) is 7.49. The van der Waals surface area contributed by atoms with Crippen LogP contribution in [0, 0.1) is 11.3 Å². The summed E-state index contributed by atoms with van der Waals surface area (Å²) in [7, 11) is 3.33. The van der Waals surface area contributed by atoms with E-state index in [4.69, 9.17) is 14.7 Å². The average molecular weight is 417 g/mol. The van der Waals surface area contributed by atoms with E-state index in [1.807, 2.05) is 24.3 Å². The molecule has 0 atom stereocenters. The molecule has 0 fully saturated rings. The van der Waals surface area contributed by atoms with Gasteiger partial charge in [0.1, 0.15) is 0 Å². The third-order valence-corrected chi connectivity index (χ3v) is 4.65. The maximum absolute atomic E-state index is 12.3. The van der Waals surface area contributed by atoms with Crippen LogP contribution in [0.3, 0.4) is 0 Å². The molecule has 2 aromatic carbocycles. The van der Waals surface area contributed by atoms with Crippen molar-refractivity contribution in [3.8, 4) is 17.6 Å². The largest absolute Gasteiger partial charge is 0.493 e. The number of ether oxygens (including phenoxy) is 2. The minimum absolute atomic E-state index is 0.0659. The van der Waals surface area contributed by atoms with E-state index in [1.165, 1.54) is 7.11 Å². The summed E-state index contributed by atoms with van der Waals surface area (Å²) in [4.78, 5) is 14.0. The molecular weight excluding hydrogens is 396 g/mol. The lowest BCUT2D eigenvalue weighted by Crippen LogP contribution is -2.26. The van der Waals surface area contributed by atoms with Crippen molar-refractivity contribution in [1.82, 2.24) is 4.90 Å². The van der Waals surface area contributed by atoms with Crippen LogP contribution in [0.5, 0.6) is 11.5 Å². The first-order valence-corrected chi connectivity index (χ1v) is 9.02. The number of amides is 1. The van der Waals surface area contributed by atoms with Crippen molar-refractivity contribution >= 4 is 21.8 Å². The molecule has 2 aromatic rings. The van der Waals surface area contributed by atoms with Gasteiger partial charge in [0.05, 0.1) is 25.3 Å². The quantitative estimate of drug-likeness (QED) is 0.606. The summed E-state index contributed by atoms with van der Waals surface area (Å²) in [6.45, 7) is 0.960. The number of nitrogens with zero attached hydrogens (tertiary/aromatic N) is 2. The minimum Gasteiger partial charge on any atom is -0.493 e. The van der Waals surface area contributed by atoms with Crippen molar-refractivity contribution in [3.63, 3.8) is 0 Å². The van der Waals surface area contributed by atoms with Crippen LogP contribution in [0.25, 0.3) is 0 Å². The molecule has 0 saturated heterocycles. The van der Waals surface area contributed by atoms with Crippen LogP contribution in [0.1, 0.15) is 24.0 Å². The van der Waals surface area contributed by atoms with Crippen molar-refractivity contribution in [2.75, 3.05) is 20.8 Å². The summed E-state index contributed by atoms with van der Waals surface area (Å²) in [5, 5.41) is 8.91. The molecule has 0 aliphatic heterocycles. The van der Waals surface area contributed by atoms with Gasteiger partial charge in [-0.25, -0.2) is 0 Å². The molecule has 26 heavy (non-hydrogen) atoms. The van der Waals surface area contributed by atoms with Gasteiger partial charge in [0.2, 0.25) is 5.91 Å². The highest BCUT2D eigenvalue weighted by Crippen LogP contribution is 2.28. The van der Waals surface area contributed by atoms with E-state index < -0.39 is 0 Å². The van der Waals surface area contributed by atoms with Gasteiger partial charge in [-0.05, 0) is 30.2 Å². The third kappa shape index (κ3) is 5.50. The van der Waals surface area contributed by atoms with Crippen molar-refractivity contribution in [2.24, 2.45) is 0 Å². The standard InChI is InChI=1S/C20H21BrN2O3/c1-23(14-16-6-3-4-7-17(16)21)20(24)8-5-11-26-18-10-9-15(13-22)12-19(18)25-2/h3-4,6-7,9-10,12H,5,8,11,14H2,1-2H3. The Morgan fingerprint density at radius 1 is 1.23 bits per heavy atom. The van der Waals surface area contributed by atoms with Crippen LogP contribution >= 0.6 is 15.9 Å². The van der Waals surface area contributed by atoms with Crippen LogP contribution in [0.4, 0.5) is 0 Å². The second-order valence-corrected chi connectivity index (χ2v) is 6.63. The summed E-state index contributed by atoms with van der Waals surface area (Å²) in [6, 6.07) is 14.9. The Balaban J connectivity index is 1.80. The van der Waals surface area contributed by atoms with Crippen LogP contribution in [-0.2, 0) is 11.3 Å². The van der Waals surface area contributed by atoms with Gasteiger partial charge >= 0.3 is 0 Å². The van der Waals surface area contributed by atoms with Gasteiger partial charge in [0.25, 0.3) is 0 Å². The molecule has 1 amide bonds. The number of hydrogen-bond donors (Lipinski definition) is 0. The van der Waals surface area contributed by atoms with Crippen molar-refractivity contribution in [3.05, 3.63) is 58.1 Å². The highest BCUT2D eigenvalue weighted by molar-refractivity contribution is 9.10. The second kappa shape index (κ2) is 9.83. The molecule has 0 aliphatic carbocycles. The van der Waals surface area contributed by atoms with Crippen LogP contribution in [0.2, 0.25) is 0 Å². The fourth-order valence-electron chi connectivity index (χ4n) is 2.42. The van der Waals surface area contributed by atoms with E-state index in [0.717, 1.165) is 10.0 Å². The molecule has 0 aliphatic rings. The molecule has 6 heteroatoms. The highest BCUT2D eigenvalue weighted by atomic mass is 79.9. The van der Waals surface area contributed by atoms with Gasteiger partial charge in [-0.15, -0.1) is 0 Å². The normalized spacial score (nSPS) is 10.1. The Morgan fingerprint density at radius 2 is 2.00 bits per heavy atom. The molecule has 5 nitrogen and oxygen atoms in total. The van der Waals surface area contributed by atoms with Gasteiger partial charge in [0, 0.05) is 30.6 Å². The van der Waals surface area contributed by atoms with Crippen LogP contribution in [0.15, 0.2) is 46.9 Å². The molecule has 2 rings (SSSR count). The number of hydrogen-bond acceptors (Lipinski definition) is 4. The number of halogens is 1. The zero-order valence-corrected chi connectivity index (χ0v) is 16.5. The first-order valence-electron chi connectivity index (χ1n) is 8.23. The maximum atomic E-state index is 12.3. The Morgan fingerprint density at radius 3 is 2.69 bits per heavy atom. The second-order valence-electron chi connectivity index (χ2n) is 5.77. The Hall–Kier alpha value is -2.52. The predicted octanol–water partition coefficient (Wildman–Crippen LogP) is 4.15. The smallest absolute Gasteiger partial charge is 0.222 e. The summed E-state index contributed by atoms with van der Waals surface area (Å²) in [6.07, 6.45) is 1.00. The van der Waals surface area contributed by atoms with E-state index in [0.29, 0.717) is 43.1 Å². The van der Waals surface area contributed by atoms with Gasteiger partial charge in [0.15, 0.2) is 11.5 Å². The van der Waals surface area contributed by atoms with E-state index in [9.17, 15) is 4.79 Å². The maximum Gasteiger partial charge on any atom is 0.222 e. The Labute approximate surface area is 162 Å². The van der Waals surface area contributed by atoms with E-state index in [-0.39, 0.29) is 5.91 Å². The monoisotopic (exact) mass is 416 g/mol. The topological polar surface area (TPSA) is 62.6 Å². The molecule has 0 bridgehead atoms. The summed E-state index contributed by atoms with van der Waals surface area (Å²) in [5.74, 6) is 1.15. The predicted molar refractivity (Wildman–Crippen MR) is 103 cm³/mol. The molecule has 136 valence electrons. The molecule has 0 saturated carbocycles. The number of benzene rings is 2. The number of methoxy groups -OCH3 is 1. The van der Waals surface area contributed by atoms with Gasteiger partial charge < -0.3 is 14.4 Å². The van der Waals surface area contributed by atoms with E-state index in [1.54, 1.807) is 30.1 Å². The van der Waals surface area contributed by atoms with Crippen LogP contribution in [-0.4, -0.2) is 31.6 Å². The first kappa shape index (κ1) is 19.8. The zero-order chi connectivity index (χ0) is 18.9. The van der Waals surface area contributed by atoms with Crippen LogP contribution < -0.4 is 9.47 Å². The number of carbonyl (C=O) groups is 1. The average Bonchev–Trinajstić information content (AvgIpc) is 2.66.